The maximum atomic E-state index is 11.9. The highest BCUT2D eigenvalue weighted by Gasteiger charge is 2.18. The van der Waals surface area contributed by atoms with Gasteiger partial charge in [-0.3, -0.25) is 24.5 Å². The van der Waals surface area contributed by atoms with Crippen molar-refractivity contribution < 1.29 is 24.0 Å². The Kier molecular flexibility index (Phi) is 8.23. The van der Waals surface area contributed by atoms with Gasteiger partial charge in [0.15, 0.2) is 6.61 Å². The smallest absolute Gasteiger partial charge is 0.316 e. The van der Waals surface area contributed by atoms with Gasteiger partial charge in [0.25, 0.3) is 11.6 Å². The molecule has 10 heteroatoms. The molecule has 0 atom stereocenters. The van der Waals surface area contributed by atoms with E-state index in [-0.39, 0.29) is 23.9 Å². The molecule has 1 rings (SSSR count). The molecule has 0 aliphatic carbocycles. The van der Waals surface area contributed by atoms with E-state index >= 15 is 0 Å². The molecule has 2 amide bonds. The summed E-state index contributed by atoms with van der Waals surface area (Å²) >= 11 is 1.14. The van der Waals surface area contributed by atoms with Gasteiger partial charge in [0, 0.05) is 29.6 Å². The molecule has 0 unspecified atom stereocenters. The first-order valence-corrected chi connectivity index (χ1v) is 9.04. The number of rotatable bonds is 8. The quantitative estimate of drug-likeness (QED) is 0.306. The first-order valence-electron chi connectivity index (χ1n) is 8.06. The standard InChI is InChI=1S/C17H23N3O6S/c1-17(2,3)18-14(21)9-19(4)15(22)10-26-16(23)11-27-13-7-5-12(6-8-13)20(24)25/h5-8H,9-11H2,1-4H3,(H,18,21). The maximum Gasteiger partial charge on any atom is 0.316 e. The number of likely N-dealkylation sites (N-methyl/N-ethyl adjacent to an activating group) is 1. The second kappa shape index (κ2) is 9.91. The van der Waals surface area contributed by atoms with E-state index in [1.807, 2.05) is 20.8 Å². The van der Waals surface area contributed by atoms with Crippen molar-refractivity contribution in [2.75, 3.05) is 26.0 Å². The lowest BCUT2D eigenvalue weighted by atomic mass is 10.1. The number of hydrogen-bond acceptors (Lipinski definition) is 7. The third kappa shape index (κ3) is 9.04. The van der Waals surface area contributed by atoms with Crippen molar-refractivity contribution in [3.05, 3.63) is 34.4 Å². The van der Waals surface area contributed by atoms with Crippen LogP contribution in [0.4, 0.5) is 5.69 Å². The van der Waals surface area contributed by atoms with Crippen molar-refractivity contribution in [1.82, 2.24) is 10.2 Å². The molecule has 0 saturated carbocycles. The van der Waals surface area contributed by atoms with Gasteiger partial charge in [-0.15, -0.1) is 11.8 Å². The first-order chi connectivity index (χ1) is 12.5. The summed E-state index contributed by atoms with van der Waals surface area (Å²) in [6.45, 7) is 4.90. The zero-order valence-corrected chi connectivity index (χ0v) is 16.5. The Morgan fingerprint density at radius 3 is 2.33 bits per heavy atom. The number of ether oxygens (including phenoxy) is 1. The van der Waals surface area contributed by atoms with Crippen LogP contribution in [0.15, 0.2) is 29.2 Å². The van der Waals surface area contributed by atoms with Crippen LogP contribution >= 0.6 is 11.8 Å². The van der Waals surface area contributed by atoms with E-state index in [1.165, 1.54) is 36.2 Å². The van der Waals surface area contributed by atoms with E-state index in [4.69, 9.17) is 4.74 Å². The predicted octanol–water partition coefficient (Wildman–Crippen LogP) is 1.60. The number of non-ortho nitro benzene ring substituents is 1. The summed E-state index contributed by atoms with van der Waals surface area (Å²) in [4.78, 5) is 47.3. The lowest BCUT2D eigenvalue weighted by Crippen LogP contribution is -2.46. The van der Waals surface area contributed by atoms with E-state index in [1.54, 1.807) is 0 Å². The van der Waals surface area contributed by atoms with Gasteiger partial charge in [-0.05, 0) is 32.9 Å². The maximum absolute atomic E-state index is 11.9. The lowest BCUT2D eigenvalue weighted by Gasteiger charge is -2.23. The van der Waals surface area contributed by atoms with Crippen LogP contribution in [-0.4, -0.2) is 59.1 Å². The summed E-state index contributed by atoms with van der Waals surface area (Å²) in [5.41, 5.74) is -0.436. The molecule has 27 heavy (non-hydrogen) atoms. The zero-order chi connectivity index (χ0) is 20.6. The minimum absolute atomic E-state index is 0.0361. The Bertz CT molecular complexity index is 700. The summed E-state index contributed by atoms with van der Waals surface area (Å²) in [5, 5.41) is 13.3. The summed E-state index contributed by atoms with van der Waals surface area (Å²) in [6, 6.07) is 5.75. The number of hydrogen-bond donors (Lipinski definition) is 1. The molecular formula is C17H23N3O6S. The number of carbonyl (C=O) groups excluding carboxylic acids is 3. The lowest BCUT2D eigenvalue weighted by molar-refractivity contribution is -0.384. The molecule has 148 valence electrons. The van der Waals surface area contributed by atoms with E-state index in [9.17, 15) is 24.5 Å². The highest BCUT2D eigenvalue weighted by molar-refractivity contribution is 8.00. The van der Waals surface area contributed by atoms with E-state index < -0.39 is 28.9 Å². The van der Waals surface area contributed by atoms with Crippen molar-refractivity contribution in [3.8, 4) is 0 Å². The third-order valence-corrected chi connectivity index (χ3v) is 4.07. The van der Waals surface area contributed by atoms with Gasteiger partial charge in [0.05, 0.1) is 17.2 Å². The van der Waals surface area contributed by atoms with Gasteiger partial charge in [-0.25, -0.2) is 0 Å². The fourth-order valence-corrected chi connectivity index (χ4v) is 2.56. The number of amides is 2. The molecule has 1 N–H and O–H groups in total. The number of nitro groups is 1. The molecule has 9 nitrogen and oxygen atoms in total. The normalized spacial score (nSPS) is 10.8. The average molecular weight is 397 g/mol. The molecule has 0 fully saturated rings. The second-order valence-corrected chi connectivity index (χ2v) is 7.80. The molecule has 0 spiro atoms. The largest absolute Gasteiger partial charge is 0.455 e. The Hall–Kier alpha value is -2.62. The van der Waals surface area contributed by atoms with Crippen molar-refractivity contribution in [2.24, 2.45) is 0 Å². The van der Waals surface area contributed by atoms with Gasteiger partial charge in [-0.1, -0.05) is 0 Å². The molecule has 0 aromatic heterocycles. The number of benzene rings is 1. The molecule has 1 aromatic carbocycles. The monoisotopic (exact) mass is 397 g/mol. The van der Waals surface area contributed by atoms with Gasteiger partial charge in [0.2, 0.25) is 5.91 Å². The SMILES string of the molecule is CN(CC(=O)NC(C)(C)C)C(=O)COC(=O)CSc1ccc([N+](=O)[O-])cc1. The molecular weight excluding hydrogens is 374 g/mol. The van der Waals surface area contributed by atoms with E-state index in [2.05, 4.69) is 5.32 Å². The Morgan fingerprint density at radius 2 is 1.81 bits per heavy atom. The van der Waals surface area contributed by atoms with Crippen LogP contribution in [0.5, 0.6) is 0 Å². The van der Waals surface area contributed by atoms with Crippen LogP contribution in [0.2, 0.25) is 0 Å². The third-order valence-electron chi connectivity index (χ3n) is 3.08. The van der Waals surface area contributed by atoms with Gasteiger partial charge in [-0.2, -0.15) is 0 Å². The summed E-state index contributed by atoms with van der Waals surface area (Å²) in [7, 11) is 1.45. The molecule has 0 aliphatic rings. The number of nitro benzene ring substituents is 1. The first kappa shape index (κ1) is 22.4. The molecule has 0 bridgehead atoms. The molecule has 0 heterocycles. The Labute approximate surface area is 161 Å². The van der Waals surface area contributed by atoms with Gasteiger partial charge in [0.1, 0.15) is 0 Å². The number of nitrogens with one attached hydrogen (secondary N) is 1. The minimum atomic E-state index is -0.598. The van der Waals surface area contributed by atoms with Crippen molar-refractivity contribution in [1.29, 1.82) is 0 Å². The van der Waals surface area contributed by atoms with Crippen LogP contribution < -0.4 is 5.32 Å². The fraction of sp³-hybridized carbons (Fsp3) is 0.471. The average Bonchev–Trinajstić information content (AvgIpc) is 2.56. The molecule has 0 saturated heterocycles. The second-order valence-electron chi connectivity index (χ2n) is 6.75. The summed E-state index contributed by atoms with van der Waals surface area (Å²) in [5.74, 6) is -1.44. The minimum Gasteiger partial charge on any atom is -0.455 e. The molecule has 1 aromatic rings. The molecule has 0 radical (unpaired) electrons. The molecule has 0 aliphatic heterocycles. The highest BCUT2D eigenvalue weighted by atomic mass is 32.2. The fourth-order valence-electron chi connectivity index (χ4n) is 1.86. The van der Waals surface area contributed by atoms with E-state index in [0.29, 0.717) is 4.90 Å². The van der Waals surface area contributed by atoms with Crippen LogP contribution in [0.1, 0.15) is 20.8 Å². The highest BCUT2D eigenvalue weighted by Crippen LogP contribution is 2.21. The number of nitrogens with zero attached hydrogens (tertiary/aromatic N) is 2. The van der Waals surface area contributed by atoms with Crippen molar-refractivity contribution in [3.63, 3.8) is 0 Å². The Balaban J connectivity index is 2.35. The Morgan fingerprint density at radius 1 is 1.22 bits per heavy atom. The zero-order valence-electron chi connectivity index (χ0n) is 15.7. The summed E-state index contributed by atoms with van der Waals surface area (Å²) < 4.78 is 4.90. The van der Waals surface area contributed by atoms with Crippen molar-refractivity contribution in [2.45, 2.75) is 31.2 Å². The van der Waals surface area contributed by atoms with Crippen molar-refractivity contribution >= 4 is 35.2 Å². The number of esters is 1. The number of carbonyl (C=O) groups is 3. The summed E-state index contributed by atoms with van der Waals surface area (Å²) in [6.07, 6.45) is 0. The van der Waals surface area contributed by atoms with Crippen LogP contribution in [0, 0.1) is 10.1 Å². The number of thioether (sulfide) groups is 1. The van der Waals surface area contributed by atoms with Crippen LogP contribution in [0.25, 0.3) is 0 Å². The predicted molar refractivity (Wildman–Crippen MR) is 100 cm³/mol. The van der Waals surface area contributed by atoms with Gasteiger partial charge < -0.3 is 15.0 Å². The topological polar surface area (TPSA) is 119 Å². The van der Waals surface area contributed by atoms with Crippen LogP contribution in [0.3, 0.4) is 0 Å². The van der Waals surface area contributed by atoms with E-state index in [0.717, 1.165) is 11.8 Å². The van der Waals surface area contributed by atoms with Crippen LogP contribution in [-0.2, 0) is 19.1 Å². The van der Waals surface area contributed by atoms with Gasteiger partial charge >= 0.3 is 5.97 Å².